The van der Waals surface area contributed by atoms with Crippen molar-refractivity contribution < 1.29 is 23.7 Å². The van der Waals surface area contributed by atoms with E-state index in [0.29, 0.717) is 40.6 Å². The lowest BCUT2D eigenvalue weighted by molar-refractivity contribution is -0.145. The van der Waals surface area contributed by atoms with Crippen LogP contribution in [0, 0.1) is 65.1 Å². The van der Waals surface area contributed by atoms with Crippen LogP contribution in [0.5, 0.6) is 0 Å². The normalized spacial score (nSPS) is 37.1. The first kappa shape index (κ1) is 74.9. The highest BCUT2D eigenvalue weighted by atomic mass is 16.5. The molecule has 0 radical (unpaired) electrons. The van der Waals surface area contributed by atoms with E-state index in [2.05, 4.69) is 124 Å². The maximum absolute atomic E-state index is 5.75. The Labute approximate surface area is 506 Å². The van der Waals surface area contributed by atoms with E-state index in [1.165, 1.54) is 167 Å². The van der Waals surface area contributed by atoms with E-state index < -0.39 is 0 Å². The average Bonchev–Trinajstić information content (AvgIpc) is 4.25. The second-order valence-electron chi connectivity index (χ2n) is 31.0. The molecule has 16 aliphatic rings. The molecule has 482 valence electrons. The van der Waals surface area contributed by atoms with Crippen molar-refractivity contribution in [2.45, 2.75) is 269 Å². The van der Waals surface area contributed by atoms with Crippen molar-refractivity contribution in [3.63, 3.8) is 0 Å². The van der Waals surface area contributed by atoms with Crippen LogP contribution in [-0.4, -0.2) is 191 Å². The van der Waals surface area contributed by atoms with Crippen LogP contribution in [0.25, 0.3) is 0 Å². The van der Waals surface area contributed by atoms with E-state index in [1.807, 2.05) is 61.6 Å². The first-order valence-corrected chi connectivity index (χ1v) is 34.1. The monoisotopic (exact) mass is 1150 g/mol. The predicted octanol–water partition coefficient (Wildman–Crippen LogP) is 15.6. The van der Waals surface area contributed by atoms with Gasteiger partial charge in [-0.15, -0.1) is 0 Å². The summed E-state index contributed by atoms with van der Waals surface area (Å²) in [5, 5.41) is 0. The molecular formula is C71H143N5O5. The summed E-state index contributed by atoms with van der Waals surface area (Å²) in [6.45, 7) is 20.8. The maximum Gasteiger partial charge on any atom is 0.0686 e. The number of nitrogens with zero attached hydrogens (tertiary/aromatic N) is 5. The molecule has 0 saturated heterocycles. The highest BCUT2D eigenvalue weighted by molar-refractivity contribution is 5.03. The van der Waals surface area contributed by atoms with Crippen LogP contribution in [0.1, 0.15) is 229 Å². The molecule has 16 rings (SSSR count). The van der Waals surface area contributed by atoms with Gasteiger partial charge < -0.3 is 48.2 Å². The van der Waals surface area contributed by atoms with Gasteiger partial charge in [0.25, 0.3) is 0 Å². The Morgan fingerprint density at radius 1 is 0.407 bits per heavy atom. The molecule has 10 heteroatoms. The van der Waals surface area contributed by atoms with E-state index in [4.69, 9.17) is 23.7 Å². The van der Waals surface area contributed by atoms with Crippen LogP contribution in [0.4, 0.5) is 0 Å². The minimum Gasteiger partial charge on any atom is -0.381 e. The van der Waals surface area contributed by atoms with Gasteiger partial charge in [0, 0.05) is 47.1 Å². The molecule has 1 unspecified atom stereocenters. The van der Waals surface area contributed by atoms with Crippen molar-refractivity contribution in [3.05, 3.63) is 0 Å². The molecule has 0 N–H and O–H groups in total. The number of hydrogen-bond donors (Lipinski definition) is 0. The van der Waals surface area contributed by atoms with Gasteiger partial charge in [0.15, 0.2) is 0 Å². The Morgan fingerprint density at radius 3 is 0.963 bits per heavy atom. The molecule has 0 spiro atoms. The van der Waals surface area contributed by atoms with Gasteiger partial charge in [-0.05, 0) is 363 Å². The lowest BCUT2D eigenvalue weighted by atomic mass is 9.54. The molecule has 0 aromatic rings. The van der Waals surface area contributed by atoms with Gasteiger partial charge in [-0.25, -0.2) is 0 Å². The van der Waals surface area contributed by atoms with Gasteiger partial charge in [0.05, 0.1) is 29.0 Å². The molecule has 10 nitrogen and oxygen atoms in total. The number of ether oxygens (including phenoxy) is 5. The zero-order valence-corrected chi connectivity index (χ0v) is 58.6. The molecule has 0 heterocycles. The van der Waals surface area contributed by atoms with Crippen LogP contribution < -0.4 is 0 Å². The van der Waals surface area contributed by atoms with Gasteiger partial charge in [0.1, 0.15) is 0 Å². The van der Waals surface area contributed by atoms with Crippen LogP contribution in [0.3, 0.4) is 0 Å². The fourth-order valence-corrected chi connectivity index (χ4v) is 16.3. The molecular weight excluding hydrogens is 1000 g/mol. The molecule has 14 bridgehead atoms. The Hall–Kier alpha value is -0.400. The van der Waals surface area contributed by atoms with Crippen molar-refractivity contribution in [3.8, 4) is 0 Å². The Bertz CT molecular complexity index is 1500. The highest BCUT2D eigenvalue weighted by Gasteiger charge is 2.52. The standard InChI is InChI=1S/2C11H18O.2C9H16O.C8H14O.C6H15N.2C5H13N.C4H11N.C3H9N/c1-12-11-5-8-2-9(6-11)4-10(3-8)7-11;1-12-11-9-3-7-2-8(5-9)6-10(11)4-7;1-10-9-5-2-8(3-6-9)4-7-9;1-10-9-6-7-2-4-8(9)5-3-7;1-9-8-4-2-7(6-8)3-5-8;1-6(2,3)7(4)5;1-5(2)6(3)4;1-4-6(3)5-2;1-4-5(2)3;1-4(2)3/h8-10H,2-7H2,1H3;7-11H,2-6H2,1H3;8H,2-7H2,1H3;7-9H,2-6H2,1H3;7H,2-6H2,1H3;1-5H3;5H,1-4H3;4-5H2,1-3H3;4H2,1-3H3;1-3H3. The van der Waals surface area contributed by atoms with Crippen molar-refractivity contribution in [1.29, 1.82) is 0 Å². The van der Waals surface area contributed by atoms with Crippen molar-refractivity contribution in [2.75, 3.05) is 126 Å². The van der Waals surface area contributed by atoms with Gasteiger partial charge in [-0.2, -0.15) is 0 Å². The lowest BCUT2D eigenvalue weighted by Crippen LogP contribution is -2.51. The topological polar surface area (TPSA) is 62.4 Å². The average molecular weight is 1150 g/mol. The first-order valence-electron chi connectivity index (χ1n) is 34.1. The third kappa shape index (κ3) is 25.7. The van der Waals surface area contributed by atoms with E-state index >= 15 is 0 Å². The Kier molecular flexibility index (Phi) is 34.0. The smallest absolute Gasteiger partial charge is 0.0686 e. The SMILES string of the molecule is CC(C)N(C)C.CCN(C)C.CCN(C)CC.CN(C)C.CN(C)C(C)(C)C.COC12CC3CC(CC(C3)C1)C2.COC12CCC(CC1)C2.COC12CCC(CC1)CC2.COC1C2CC3CC(C2)CC1C3.COC1CC2CCC1CC2. The first-order chi connectivity index (χ1) is 38.1. The fraction of sp³-hybridized carbons (Fsp3) is 1.00. The summed E-state index contributed by atoms with van der Waals surface area (Å²) in [6.07, 6.45) is 39.7. The van der Waals surface area contributed by atoms with Gasteiger partial charge in [-0.3, -0.25) is 0 Å². The summed E-state index contributed by atoms with van der Waals surface area (Å²) in [5.41, 5.74) is 1.36. The summed E-state index contributed by atoms with van der Waals surface area (Å²) in [4.78, 5) is 10.7. The predicted molar refractivity (Wildman–Crippen MR) is 349 cm³/mol. The fourth-order valence-electron chi connectivity index (χ4n) is 16.3. The lowest BCUT2D eigenvalue weighted by Gasteiger charge is -2.55. The number of hydrogen-bond acceptors (Lipinski definition) is 10. The summed E-state index contributed by atoms with van der Waals surface area (Å²) in [6, 6.07) is 0.685. The quantitative estimate of drug-likeness (QED) is 0.223. The number of methoxy groups -OCH3 is 5. The summed E-state index contributed by atoms with van der Waals surface area (Å²) < 4.78 is 27.9. The van der Waals surface area contributed by atoms with Crippen LogP contribution in [0.15, 0.2) is 0 Å². The molecule has 0 aromatic heterocycles. The van der Waals surface area contributed by atoms with Crippen LogP contribution >= 0.6 is 0 Å². The molecule has 1 atom stereocenters. The third-order valence-electron chi connectivity index (χ3n) is 22.8. The largest absolute Gasteiger partial charge is 0.381 e. The molecule has 16 fully saturated rings. The second-order valence-corrected chi connectivity index (χ2v) is 31.0. The number of fused-ring (bicyclic) bond motifs is 8. The Morgan fingerprint density at radius 2 is 0.753 bits per heavy atom. The van der Waals surface area contributed by atoms with E-state index in [9.17, 15) is 0 Å². The molecule has 0 aromatic carbocycles. The molecule has 0 aliphatic heterocycles. The number of rotatable bonds is 9. The van der Waals surface area contributed by atoms with Crippen LogP contribution in [-0.2, 0) is 23.7 Å². The molecule has 81 heavy (non-hydrogen) atoms. The second kappa shape index (κ2) is 36.8. The van der Waals surface area contributed by atoms with E-state index in [1.54, 1.807) is 6.42 Å². The van der Waals surface area contributed by atoms with Gasteiger partial charge in [-0.1, -0.05) is 20.8 Å². The van der Waals surface area contributed by atoms with Crippen molar-refractivity contribution in [2.24, 2.45) is 65.1 Å². The minimum atomic E-state index is 0.328. The zero-order chi connectivity index (χ0) is 60.7. The summed E-state index contributed by atoms with van der Waals surface area (Å²) in [5.74, 6) is 11.1. The third-order valence-corrected chi connectivity index (χ3v) is 22.8. The maximum atomic E-state index is 5.75. The Balaban J connectivity index is 0.000000241. The van der Waals surface area contributed by atoms with Gasteiger partial charge in [0.2, 0.25) is 0 Å². The molecule has 0 amide bonds. The molecule has 16 saturated carbocycles. The summed E-state index contributed by atoms with van der Waals surface area (Å²) in [7, 11) is 30.0. The highest BCUT2D eigenvalue weighted by Crippen LogP contribution is 2.57. The van der Waals surface area contributed by atoms with Crippen molar-refractivity contribution >= 4 is 0 Å². The zero-order valence-electron chi connectivity index (χ0n) is 58.6. The molecule has 16 aliphatic carbocycles. The van der Waals surface area contributed by atoms with E-state index in [0.717, 1.165) is 84.7 Å². The van der Waals surface area contributed by atoms with Crippen LogP contribution in [0.2, 0.25) is 0 Å². The van der Waals surface area contributed by atoms with Gasteiger partial charge >= 0.3 is 0 Å². The van der Waals surface area contributed by atoms with Crippen molar-refractivity contribution in [1.82, 2.24) is 24.5 Å². The summed E-state index contributed by atoms with van der Waals surface area (Å²) >= 11 is 0. The van der Waals surface area contributed by atoms with E-state index in [-0.39, 0.29) is 0 Å². The minimum absolute atomic E-state index is 0.328.